The third kappa shape index (κ3) is 15700. The molecule has 0 bridgehead atoms. The molecule has 0 aromatic rings. The molecular weight excluding hydrogens is 698 g/mol. The summed E-state index contributed by atoms with van der Waals surface area (Å²) in [4.78, 5) is 8.25. The summed E-state index contributed by atoms with van der Waals surface area (Å²) in [5, 5.41) is 14.8. The Kier molecular flexibility index (Phi) is 32.5. The van der Waals surface area contributed by atoms with Gasteiger partial charge in [0.1, 0.15) is 0 Å². The van der Waals surface area contributed by atoms with Crippen molar-refractivity contribution in [3.8, 4) is 0 Å². The van der Waals surface area contributed by atoms with E-state index in [4.69, 9.17) is 41.8 Å². The van der Waals surface area contributed by atoms with Crippen LogP contribution in [0, 0.1) is 71.0 Å². The second-order valence-electron chi connectivity index (χ2n) is 0.799. The van der Waals surface area contributed by atoms with Crippen LogP contribution in [0.5, 0.6) is 0 Å². The monoisotopic (exact) mass is 698 g/mol. The van der Waals surface area contributed by atoms with Gasteiger partial charge in [-0.15, -0.1) is 0 Å². The van der Waals surface area contributed by atoms with Crippen LogP contribution in [0.15, 0.2) is 0 Å². The molecule has 15 heavy (non-hydrogen) atoms. The van der Waals surface area contributed by atoms with Crippen LogP contribution in [0.25, 0.3) is 0 Å². The van der Waals surface area contributed by atoms with Crippen LogP contribution in [0.2, 0.25) is 0 Å². The molecule has 0 aromatic carbocycles. The van der Waals surface area contributed by atoms with E-state index < -0.39 is 71.1 Å². The molecule has 0 rings (SSSR count). The zero-order chi connectivity index (χ0) is 13.5. The van der Waals surface area contributed by atoms with Crippen molar-refractivity contribution in [2.24, 2.45) is 0 Å². The fourth-order valence-corrected chi connectivity index (χ4v) is 0. The predicted molar refractivity (Wildman–Crippen MR) is 23.6 cm³/mol. The van der Waals surface area contributed by atoms with Gasteiger partial charge < -0.3 is 24.4 Å². The minimum absolute atomic E-state index is 1.75. The molecular formula is NO11SU2+. The first kappa shape index (κ1) is 24.6. The fraction of sp³-hybridized carbons (Fsp3) is 0. The van der Waals surface area contributed by atoms with E-state index in [-0.39, 0.29) is 0 Å². The number of hydrogen-bond acceptors (Lipinski definition) is 11. The molecule has 15 heteroatoms. The Bertz CT molecular complexity index is 277. The van der Waals surface area contributed by atoms with Crippen molar-refractivity contribution in [1.82, 2.24) is 0 Å². The summed E-state index contributed by atoms with van der Waals surface area (Å²) in [6.45, 7) is 0. The molecule has 84 valence electrons. The van der Waals surface area contributed by atoms with Gasteiger partial charge in [0, 0.05) is 10.4 Å². The molecule has 0 aliphatic heterocycles. The first-order valence-corrected chi connectivity index (χ1v) is 10.2. The summed E-state index contributed by atoms with van der Waals surface area (Å²) >= 11 is -5.01. The van der Waals surface area contributed by atoms with Gasteiger partial charge in [-0.2, -0.15) is 0 Å². The molecule has 0 aromatic heterocycles. The second kappa shape index (κ2) is 19.9. The summed E-state index contributed by atoms with van der Waals surface area (Å²) in [5.41, 5.74) is 0. The maximum atomic E-state index is 8.58. The van der Waals surface area contributed by atoms with E-state index >= 15 is 0 Å². The van der Waals surface area contributed by atoms with Crippen molar-refractivity contribution >= 4 is 10.4 Å². The molecule has 0 aliphatic rings. The van der Waals surface area contributed by atoms with Gasteiger partial charge in [-0.1, -0.05) is 0 Å². The normalized spacial score (nSPS) is 6.53. The minimum atomic E-state index is -5.17. The third-order valence-corrected chi connectivity index (χ3v) is 0. The van der Waals surface area contributed by atoms with Crippen LogP contribution < -0.4 is 0 Å². The summed E-state index contributed by atoms with van der Waals surface area (Å²) in [5.74, 6) is 0. The second-order valence-corrected chi connectivity index (χ2v) is 3.00. The fourth-order valence-electron chi connectivity index (χ4n) is 0. The average molecular weight is 698 g/mol. The van der Waals surface area contributed by atoms with E-state index in [0.29, 0.717) is 0 Å². The number of nitrogens with zero attached hydrogens (tertiary/aromatic N) is 1. The van der Waals surface area contributed by atoms with E-state index in [2.05, 4.69) is 0 Å². The molecule has 0 saturated heterocycles. The number of hydrogen-bond donors (Lipinski definition) is 0. The summed E-state index contributed by atoms with van der Waals surface area (Å²) in [7, 11) is -5.17. The quantitative estimate of drug-likeness (QED) is 0.116. The van der Waals surface area contributed by atoms with Gasteiger partial charge in [-0.05, 0) is 0 Å². The zero-order valence-electron chi connectivity index (χ0n) is 6.35. The maximum absolute atomic E-state index is 8.58. The Morgan fingerprint density at radius 1 is 0.867 bits per heavy atom. The van der Waals surface area contributed by atoms with Crippen LogP contribution in [0.3, 0.4) is 0 Å². The molecule has 0 N–H and O–H groups in total. The molecule has 0 unspecified atom stereocenters. The van der Waals surface area contributed by atoms with Crippen molar-refractivity contribution in [1.29, 1.82) is 0 Å². The van der Waals surface area contributed by atoms with E-state index in [9.17, 15) is 0 Å². The zero-order valence-corrected chi connectivity index (χ0v) is 15.5. The van der Waals surface area contributed by atoms with Crippen LogP contribution in [-0.4, -0.2) is 22.6 Å². The van der Waals surface area contributed by atoms with E-state index in [1.807, 2.05) is 0 Å². The van der Waals surface area contributed by atoms with Crippen molar-refractivity contribution in [2.45, 2.75) is 0 Å². The van der Waals surface area contributed by atoms with Crippen LogP contribution in [0.1, 0.15) is 0 Å². The molecule has 0 aliphatic carbocycles. The van der Waals surface area contributed by atoms with E-state index in [1.165, 1.54) is 0 Å². The van der Waals surface area contributed by atoms with Gasteiger partial charge >= 0.3 is 64.6 Å². The van der Waals surface area contributed by atoms with Crippen LogP contribution in [0.4, 0.5) is 0 Å². The van der Waals surface area contributed by atoms with Gasteiger partial charge in [-0.25, -0.2) is 0 Å². The Labute approximate surface area is 112 Å². The van der Waals surface area contributed by atoms with Crippen LogP contribution >= 0.6 is 0 Å². The van der Waals surface area contributed by atoms with Gasteiger partial charge in [0.05, 0.1) is 5.09 Å². The summed E-state index contributed by atoms with van der Waals surface area (Å²) in [6.07, 6.45) is 0. The molecule has 0 heterocycles. The van der Waals surface area contributed by atoms with Crippen molar-refractivity contribution in [3.63, 3.8) is 0 Å². The first-order chi connectivity index (χ1) is 6.56. The molecule has 0 fully saturated rings. The summed E-state index contributed by atoms with van der Waals surface area (Å²) in [6, 6.07) is 0. The molecule has 0 atom stereocenters. The molecule has 0 radical (unpaired) electrons. The predicted octanol–water partition coefficient (Wildman–Crippen LogP) is -2.05. The van der Waals surface area contributed by atoms with Gasteiger partial charge in [0.15, 0.2) is 0 Å². The standard InChI is InChI=1S/NO3.H2O4S.4O.2U/c2-1(3)4;1-5(2,3)4;;;;;;/h;(H2,1,2,3,4);;;;;;/q-1;;;;;;2*+2/p-2. The molecule has 0 spiro atoms. The SMILES string of the molecule is O=S(=O)([O-])[O-].O=[N+]([O-])[O-].[O]=[U+2]=[O].[O]=[U+2]=[O]. The van der Waals surface area contributed by atoms with Crippen molar-refractivity contribution in [3.05, 3.63) is 15.3 Å². The van der Waals surface area contributed by atoms with Crippen molar-refractivity contribution < 1.29 is 87.2 Å². The molecule has 0 saturated carbocycles. The molecule has 12 nitrogen and oxygen atoms in total. The van der Waals surface area contributed by atoms with E-state index in [0.717, 1.165) is 0 Å². The Morgan fingerprint density at radius 3 is 0.867 bits per heavy atom. The third-order valence-electron chi connectivity index (χ3n) is 0. The number of rotatable bonds is 0. The van der Waals surface area contributed by atoms with Gasteiger partial charge in [0.2, 0.25) is 0 Å². The van der Waals surface area contributed by atoms with Gasteiger partial charge in [0.25, 0.3) is 0 Å². The molecule has 0 amide bonds. The van der Waals surface area contributed by atoms with E-state index in [1.54, 1.807) is 0 Å². The van der Waals surface area contributed by atoms with Crippen molar-refractivity contribution in [2.75, 3.05) is 0 Å². The van der Waals surface area contributed by atoms with Crippen LogP contribution in [-0.2, 0) is 19.3 Å². The Morgan fingerprint density at radius 2 is 0.867 bits per heavy atom. The topological polar surface area (TPSA) is 215 Å². The Hall–Kier alpha value is 0.374. The Balaban J connectivity index is -0.0000000553. The summed E-state index contributed by atoms with van der Waals surface area (Å²) < 4.78 is 68.4. The first-order valence-electron chi connectivity index (χ1n) is 2.03. The van der Waals surface area contributed by atoms with Gasteiger partial charge in [-0.3, -0.25) is 8.42 Å². The average Bonchev–Trinajstić information content (AvgIpc) is 1.82.